The maximum atomic E-state index is 14.7. The first-order valence-electron chi connectivity index (χ1n) is 10.3. The third-order valence-corrected chi connectivity index (χ3v) is 5.18. The van der Waals surface area contributed by atoms with Crippen LogP contribution < -0.4 is 0 Å². The summed E-state index contributed by atoms with van der Waals surface area (Å²) >= 11 is 0. The number of esters is 1. The lowest BCUT2D eigenvalue weighted by atomic mass is 9.94. The lowest BCUT2D eigenvalue weighted by Crippen LogP contribution is -2.32. The molecule has 0 aromatic heterocycles. The van der Waals surface area contributed by atoms with Gasteiger partial charge in [0.05, 0.1) is 6.61 Å². The number of rotatable bonds is 9. The van der Waals surface area contributed by atoms with Crippen LogP contribution in [-0.2, 0) is 9.53 Å². The van der Waals surface area contributed by atoms with E-state index in [9.17, 15) is 13.6 Å². The lowest BCUT2D eigenvalue weighted by molar-refractivity contribution is -0.163. The van der Waals surface area contributed by atoms with E-state index in [-0.39, 0.29) is 12.2 Å². The molecule has 4 heteroatoms. The summed E-state index contributed by atoms with van der Waals surface area (Å²) in [5, 5.41) is 2.09. The minimum absolute atomic E-state index is 0.00223. The Morgan fingerprint density at radius 3 is 2.50 bits per heavy atom. The van der Waals surface area contributed by atoms with Crippen LogP contribution in [0, 0.1) is 0 Å². The highest BCUT2D eigenvalue weighted by Gasteiger charge is 2.44. The van der Waals surface area contributed by atoms with Crippen LogP contribution in [0.25, 0.3) is 27.5 Å². The summed E-state index contributed by atoms with van der Waals surface area (Å²) in [6.07, 6.45) is 3.44. The first kappa shape index (κ1) is 21.7. The quantitative estimate of drug-likeness (QED) is 0.275. The van der Waals surface area contributed by atoms with E-state index in [2.05, 4.69) is 13.5 Å². The van der Waals surface area contributed by atoms with Crippen molar-refractivity contribution in [2.75, 3.05) is 6.61 Å². The second kappa shape index (κ2) is 9.66. The summed E-state index contributed by atoms with van der Waals surface area (Å²) in [7, 11) is 0. The molecule has 0 unspecified atom stereocenters. The maximum Gasteiger partial charge on any atom is 0.381 e. The van der Waals surface area contributed by atoms with Crippen molar-refractivity contribution in [2.45, 2.75) is 38.5 Å². The van der Waals surface area contributed by atoms with Crippen molar-refractivity contribution in [3.05, 3.63) is 78.9 Å². The molecule has 0 aliphatic heterocycles. The van der Waals surface area contributed by atoms with Crippen molar-refractivity contribution in [3.63, 3.8) is 0 Å². The van der Waals surface area contributed by atoms with Gasteiger partial charge in [-0.25, -0.2) is 4.79 Å². The Morgan fingerprint density at radius 1 is 0.967 bits per heavy atom. The third kappa shape index (κ3) is 4.76. The van der Waals surface area contributed by atoms with Gasteiger partial charge in [0.1, 0.15) is 0 Å². The average molecular weight is 408 g/mol. The molecule has 3 aromatic carbocycles. The Hall–Kier alpha value is -3.01. The van der Waals surface area contributed by atoms with E-state index in [1.54, 1.807) is 18.2 Å². The summed E-state index contributed by atoms with van der Waals surface area (Å²) in [6, 6.07) is 20.5. The number of benzene rings is 3. The second-order valence-corrected chi connectivity index (χ2v) is 7.36. The van der Waals surface area contributed by atoms with E-state index in [4.69, 9.17) is 4.74 Å². The highest BCUT2D eigenvalue weighted by atomic mass is 19.3. The zero-order valence-corrected chi connectivity index (χ0v) is 17.2. The molecule has 0 bridgehead atoms. The van der Waals surface area contributed by atoms with Crippen LogP contribution in [0.1, 0.15) is 38.2 Å². The summed E-state index contributed by atoms with van der Waals surface area (Å²) in [6.45, 7) is 5.57. The van der Waals surface area contributed by atoms with Gasteiger partial charge < -0.3 is 4.74 Å². The van der Waals surface area contributed by atoms with Gasteiger partial charge in [0, 0.05) is 5.57 Å². The van der Waals surface area contributed by atoms with Crippen molar-refractivity contribution in [3.8, 4) is 11.1 Å². The topological polar surface area (TPSA) is 26.3 Å². The van der Waals surface area contributed by atoms with E-state index in [1.807, 2.05) is 48.5 Å². The zero-order chi connectivity index (χ0) is 21.6. The van der Waals surface area contributed by atoms with E-state index in [0.717, 1.165) is 41.2 Å². The predicted octanol–water partition coefficient (Wildman–Crippen LogP) is 7.28. The number of carbonyl (C=O) groups excluding carboxylic acids is 1. The zero-order valence-electron chi connectivity index (χ0n) is 17.2. The Morgan fingerprint density at radius 2 is 1.70 bits per heavy atom. The standard InChI is InChI=1S/C26H26F2O2/c1-3-4-5-8-17-30-25(29)26(27,28)19(2)21-13-9-14-22(18-21)24-16-10-12-20-11-6-7-15-23(20)24/h6-7,9-16,18H,2-5,8,17H2,1H3. The van der Waals surface area contributed by atoms with Gasteiger partial charge in [-0.3, -0.25) is 0 Å². The minimum atomic E-state index is -3.78. The van der Waals surface area contributed by atoms with Crippen molar-refractivity contribution in [1.82, 2.24) is 0 Å². The van der Waals surface area contributed by atoms with Gasteiger partial charge in [-0.05, 0) is 39.9 Å². The summed E-state index contributed by atoms with van der Waals surface area (Å²) in [4.78, 5) is 12.0. The van der Waals surface area contributed by atoms with Crippen LogP contribution in [0.5, 0.6) is 0 Å². The third-order valence-electron chi connectivity index (χ3n) is 5.18. The molecule has 2 nitrogen and oxygen atoms in total. The summed E-state index contributed by atoms with van der Waals surface area (Å²) in [5.74, 6) is -5.32. The molecular formula is C26H26F2O2. The molecule has 0 atom stereocenters. The molecule has 0 N–H and O–H groups in total. The molecular weight excluding hydrogens is 382 g/mol. The largest absolute Gasteiger partial charge is 0.461 e. The van der Waals surface area contributed by atoms with Crippen molar-refractivity contribution in [1.29, 1.82) is 0 Å². The summed E-state index contributed by atoms with van der Waals surface area (Å²) in [5.41, 5.74) is 1.38. The van der Waals surface area contributed by atoms with Crippen LogP contribution in [0.15, 0.2) is 73.3 Å². The highest BCUT2D eigenvalue weighted by Crippen LogP contribution is 2.35. The van der Waals surface area contributed by atoms with Crippen LogP contribution >= 0.6 is 0 Å². The number of ether oxygens (including phenoxy) is 1. The van der Waals surface area contributed by atoms with Crippen LogP contribution in [-0.4, -0.2) is 18.5 Å². The monoisotopic (exact) mass is 408 g/mol. The lowest BCUT2D eigenvalue weighted by Gasteiger charge is -2.18. The van der Waals surface area contributed by atoms with E-state index in [0.29, 0.717) is 6.42 Å². The molecule has 3 aromatic rings. The number of hydrogen-bond donors (Lipinski definition) is 0. The van der Waals surface area contributed by atoms with Gasteiger partial charge in [0.2, 0.25) is 0 Å². The Kier molecular flexibility index (Phi) is 6.99. The molecule has 30 heavy (non-hydrogen) atoms. The number of hydrogen-bond acceptors (Lipinski definition) is 2. The average Bonchev–Trinajstić information content (AvgIpc) is 2.78. The van der Waals surface area contributed by atoms with Crippen LogP contribution in [0.3, 0.4) is 0 Å². The molecule has 156 valence electrons. The fourth-order valence-electron chi connectivity index (χ4n) is 3.44. The SMILES string of the molecule is C=C(c1cccc(-c2cccc3ccccc23)c1)C(F)(F)C(=O)OCCCCCC. The molecule has 0 saturated carbocycles. The second-order valence-electron chi connectivity index (χ2n) is 7.36. The van der Waals surface area contributed by atoms with Gasteiger partial charge in [0.25, 0.3) is 0 Å². The van der Waals surface area contributed by atoms with E-state index >= 15 is 0 Å². The van der Waals surface area contributed by atoms with Crippen molar-refractivity contribution < 1.29 is 18.3 Å². The van der Waals surface area contributed by atoms with Gasteiger partial charge >= 0.3 is 11.9 Å². The van der Waals surface area contributed by atoms with Crippen LogP contribution in [0.2, 0.25) is 0 Å². The molecule has 0 fully saturated rings. The number of fused-ring (bicyclic) bond motifs is 1. The first-order chi connectivity index (χ1) is 14.4. The number of carbonyl (C=O) groups is 1. The Bertz CT molecular complexity index is 1030. The van der Waals surface area contributed by atoms with Gasteiger partial charge in [-0.2, -0.15) is 8.78 Å². The molecule has 0 saturated heterocycles. The minimum Gasteiger partial charge on any atom is -0.461 e. The number of unbranched alkanes of at least 4 members (excludes halogenated alkanes) is 3. The Labute approximate surface area is 176 Å². The fraction of sp³-hybridized carbons (Fsp3) is 0.269. The van der Waals surface area contributed by atoms with E-state index in [1.165, 1.54) is 0 Å². The normalized spacial score (nSPS) is 11.4. The van der Waals surface area contributed by atoms with Gasteiger partial charge in [-0.15, -0.1) is 0 Å². The van der Waals surface area contributed by atoms with Crippen molar-refractivity contribution in [2.24, 2.45) is 0 Å². The molecule has 0 radical (unpaired) electrons. The molecule has 0 amide bonds. The fourth-order valence-corrected chi connectivity index (χ4v) is 3.44. The number of halogens is 2. The maximum absolute atomic E-state index is 14.7. The Balaban J connectivity index is 1.81. The molecule has 0 heterocycles. The summed E-state index contributed by atoms with van der Waals surface area (Å²) < 4.78 is 34.2. The number of alkyl halides is 2. The van der Waals surface area contributed by atoms with E-state index < -0.39 is 17.5 Å². The van der Waals surface area contributed by atoms with Crippen molar-refractivity contribution >= 4 is 22.3 Å². The molecule has 0 aliphatic rings. The molecule has 0 spiro atoms. The van der Waals surface area contributed by atoms with Gasteiger partial charge in [-0.1, -0.05) is 93.4 Å². The molecule has 3 rings (SSSR count). The smallest absolute Gasteiger partial charge is 0.381 e. The van der Waals surface area contributed by atoms with Gasteiger partial charge in [0.15, 0.2) is 0 Å². The van der Waals surface area contributed by atoms with Crippen LogP contribution in [0.4, 0.5) is 8.78 Å². The predicted molar refractivity (Wildman–Crippen MR) is 118 cm³/mol. The molecule has 0 aliphatic carbocycles. The highest BCUT2D eigenvalue weighted by molar-refractivity contribution is 5.98. The first-order valence-corrected chi connectivity index (χ1v) is 10.3.